The molecule has 122 valence electrons. The molecule has 1 amide bonds. The predicted octanol–water partition coefficient (Wildman–Crippen LogP) is 3.65. The van der Waals surface area contributed by atoms with E-state index in [1.54, 1.807) is 24.3 Å². The molecule has 0 spiro atoms. The minimum Gasteiger partial charge on any atom is -0.323 e. The summed E-state index contributed by atoms with van der Waals surface area (Å²) in [4.78, 5) is 28.8. The Morgan fingerprint density at radius 2 is 2.00 bits per heavy atom. The third kappa shape index (κ3) is 3.42. The molecule has 1 N–H and O–H groups in total. The average Bonchev–Trinajstić information content (AvgIpc) is 2.53. The maximum Gasteiger partial charge on any atom is 0.261 e. The Balaban J connectivity index is 1.85. The van der Waals surface area contributed by atoms with Crippen molar-refractivity contribution in [3.05, 3.63) is 68.7 Å². The van der Waals surface area contributed by atoms with Crippen LogP contribution in [0.25, 0.3) is 10.9 Å². The summed E-state index contributed by atoms with van der Waals surface area (Å²) in [6, 6.07) is 10.2. The summed E-state index contributed by atoms with van der Waals surface area (Å²) in [6.45, 7) is 1.74. The monoisotopic (exact) mass is 361 g/mol. The summed E-state index contributed by atoms with van der Waals surface area (Å²) >= 11 is 12.0. The van der Waals surface area contributed by atoms with E-state index < -0.39 is 0 Å². The third-order valence-corrected chi connectivity index (χ3v) is 4.05. The predicted molar refractivity (Wildman–Crippen MR) is 95.8 cm³/mol. The lowest BCUT2D eigenvalue weighted by Crippen LogP contribution is -2.28. The Bertz CT molecular complexity index is 999. The molecule has 0 saturated carbocycles. The molecule has 1 heterocycles. The highest BCUT2D eigenvalue weighted by Gasteiger charge is 2.10. The topological polar surface area (TPSA) is 64.0 Å². The average molecular weight is 362 g/mol. The van der Waals surface area contributed by atoms with Crippen molar-refractivity contribution >= 4 is 45.7 Å². The molecule has 5 nitrogen and oxygen atoms in total. The van der Waals surface area contributed by atoms with E-state index in [0.29, 0.717) is 26.6 Å². The summed E-state index contributed by atoms with van der Waals surface area (Å²) in [5, 5.41) is 3.94. The van der Waals surface area contributed by atoms with Gasteiger partial charge in [0.15, 0.2) is 0 Å². The van der Waals surface area contributed by atoms with Gasteiger partial charge in [-0.15, -0.1) is 0 Å². The number of carbonyl (C=O) groups is 1. The van der Waals surface area contributed by atoms with Crippen LogP contribution in [0.4, 0.5) is 5.69 Å². The summed E-state index contributed by atoms with van der Waals surface area (Å²) in [5.41, 5.74) is 1.69. The fourth-order valence-corrected chi connectivity index (χ4v) is 2.76. The molecule has 0 atom stereocenters. The second-order valence-electron chi connectivity index (χ2n) is 5.37. The van der Waals surface area contributed by atoms with Crippen LogP contribution in [0, 0.1) is 6.92 Å². The van der Waals surface area contributed by atoms with E-state index in [1.165, 1.54) is 17.0 Å². The number of nitrogens with zero attached hydrogens (tertiary/aromatic N) is 2. The standard InChI is InChI=1S/C17H13Cl2N3O2/c1-10-2-4-15(13(19)6-10)21-16(23)8-22-9-20-14-5-3-11(18)7-12(14)17(22)24/h2-7,9H,8H2,1H3,(H,21,23). The molecule has 3 rings (SSSR count). The number of nitrogens with one attached hydrogen (secondary N) is 1. The summed E-state index contributed by atoms with van der Waals surface area (Å²) in [5.74, 6) is -0.369. The Kier molecular flexibility index (Phi) is 4.55. The molecule has 24 heavy (non-hydrogen) atoms. The number of aromatic nitrogens is 2. The Morgan fingerprint density at radius 1 is 1.21 bits per heavy atom. The molecule has 0 aliphatic heterocycles. The summed E-state index contributed by atoms with van der Waals surface area (Å²) in [6.07, 6.45) is 1.34. The number of benzene rings is 2. The molecule has 0 unspecified atom stereocenters. The highest BCUT2D eigenvalue weighted by molar-refractivity contribution is 6.33. The number of amides is 1. The van der Waals surface area contributed by atoms with Crippen LogP contribution in [0.2, 0.25) is 10.0 Å². The number of halogens is 2. The molecule has 0 aliphatic rings. The molecule has 3 aromatic rings. The van der Waals surface area contributed by atoms with Crippen LogP contribution >= 0.6 is 23.2 Å². The van der Waals surface area contributed by atoms with Crippen LogP contribution < -0.4 is 10.9 Å². The van der Waals surface area contributed by atoms with Crippen LogP contribution in [0.3, 0.4) is 0 Å². The number of aryl methyl sites for hydroxylation is 1. The number of hydrogen-bond acceptors (Lipinski definition) is 3. The van der Waals surface area contributed by atoms with Gasteiger partial charge in [-0.3, -0.25) is 14.2 Å². The molecule has 0 radical (unpaired) electrons. The molecular formula is C17H13Cl2N3O2. The molecule has 0 saturated heterocycles. The second kappa shape index (κ2) is 6.63. The van der Waals surface area contributed by atoms with Gasteiger partial charge >= 0.3 is 0 Å². The van der Waals surface area contributed by atoms with Gasteiger partial charge in [0, 0.05) is 5.02 Å². The summed E-state index contributed by atoms with van der Waals surface area (Å²) < 4.78 is 1.23. The van der Waals surface area contributed by atoms with Crippen molar-refractivity contribution in [3.8, 4) is 0 Å². The van der Waals surface area contributed by atoms with Crippen LogP contribution in [0.1, 0.15) is 5.56 Å². The Hall–Kier alpha value is -2.37. The van der Waals surface area contributed by atoms with Crippen molar-refractivity contribution < 1.29 is 4.79 Å². The molecular weight excluding hydrogens is 349 g/mol. The largest absolute Gasteiger partial charge is 0.323 e. The van der Waals surface area contributed by atoms with Crippen molar-refractivity contribution in [2.24, 2.45) is 0 Å². The van der Waals surface area contributed by atoms with Gasteiger partial charge in [-0.2, -0.15) is 0 Å². The lowest BCUT2D eigenvalue weighted by molar-refractivity contribution is -0.116. The van der Waals surface area contributed by atoms with Gasteiger partial charge in [-0.25, -0.2) is 4.98 Å². The van der Waals surface area contributed by atoms with Gasteiger partial charge < -0.3 is 5.32 Å². The first kappa shape index (κ1) is 16.5. The maximum absolute atomic E-state index is 12.4. The van der Waals surface area contributed by atoms with E-state index in [0.717, 1.165) is 5.56 Å². The molecule has 2 aromatic carbocycles. The van der Waals surface area contributed by atoms with Crippen LogP contribution in [0.15, 0.2) is 47.5 Å². The minimum absolute atomic E-state index is 0.168. The second-order valence-corrected chi connectivity index (χ2v) is 6.21. The lowest BCUT2D eigenvalue weighted by Gasteiger charge is -2.10. The smallest absolute Gasteiger partial charge is 0.261 e. The van der Waals surface area contributed by atoms with Crippen molar-refractivity contribution in [1.82, 2.24) is 9.55 Å². The van der Waals surface area contributed by atoms with E-state index in [2.05, 4.69) is 10.3 Å². The zero-order valence-corrected chi connectivity index (χ0v) is 14.2. The van der Waals surface area contributed by atoms with Crippen molar-refractivity contribution in [2.45, 2.75) is 13.5 Å². The first-order valence-electron chi connectivity index (χ1n) is 7.15. The van der Waals surface area contributed by atoms with Gasteiger partial charge in [0.1, 0.15) is 6.54 Å². The number of hydrogen-bond donors (Lipinski definition) is 1. The number of rotatable bonds is 3. The van der Waals surface area contributed by atoms with Gasteiger partial charge in [-0.1, -0.05) is 29.3 Å². The van der Waals surface area contributed by atoms with E-state index >= 15 is 0 Å². The number of carbonyl (C=O) groups excluding carboxylic acids is 1. The fourth-order valence-electron chi connectivity index (χ4n) is 2.31. The lowest BCUT2D eigenvalue weighted by atomic mass is 10.2. The Labute approximate surface area is 147 Å². The highest BCUT2D eigenvalue weighted by Crippen LogP contribution is 2.22. The van der Waals surface area contributed by atoms with Crippen LogP contribution in [-0.4, -0.2) is 15.5 Å². The van der Waals surface area contributed by atoms with Gasteiger partial charge in [0.2, 0.25) is 5.91 Å². The minimum atomic E-state index is -0.369. The normalized spacial score (nSPS) is 10.8. The number of anilines is 1. The molecule has 0 bridgehead atoms. The maximum atomic E-state index is 12.4. The first-order valence-corrected chi connectivity index (χ1v) is 7.90. The van der Waals surface area contributed by atoms with E-state index in [4.69, 9.17) is 23.2 Å². The molecule has 7 heteroatoms. The van der Waals surface area contributed by atoms with Crippen molar-refractivity contribution in [1.29, 1.82) is 0 Å². The van der Waals surface area contributed by atoms with E-state index in [-0.39, 0.29) is 18.0 Å². The highest BCUT2D eigenvalue weighted by atomic mass is 35.5. The van der Waals surface area contributed by atoms with Gasteiger partial charge in [0.25, 0.3) is 5.56 Å². The van der Waals surface area contributed by atoms with Crippen LogP contribution in [0.5, 0.6) is 0 Å². The van der Waals surface area contributed by atoms with Crippen molar-refractivity contribution in [3.63, 3.8) is 0 Å². The Morgan fingerprint density at radius 3 is 2.75 bits per heavy atom. The van der Waals surface area contributed by atoms with E-state index in [9.17, 15) is 9.59 Å². The van der Waals surface area contributed by atoms with E-state index in [1.807, 2.05) is 13.0 Å². The SMILES string of the molecule is Cc1ccc(NC(=O)Cn2cnc3ccc(Cl)cc3c2=O)c(Cl)c1. The van der Waals surface area contributed by atoms with Gasteiger partial charge in [0.05, 0.1) is 27.9 Å². The zero-order valence-electron chi connectivity index (χ0n) is 12.7. The molecule has 0 fully saturated rings. The quantitative estimate of drug-likeness (QED) is 0.774. The van der Waals surface area contributed by atoms with Gasteiger partial charge in [-0.05, 0) is 42.8 Å². The van der Waals surface area contributed by atoms with Crippen LogP contribution in [-0.2, 0) is 11.3 Å². The third-order valence-electron chi connectivity index (χ3n) is 3.50. The molecule has 1 aromatic heterocycles. The summed E-state index contributed by atoms with van der Waals surface area (Å²) in [7, 11) is 0. The number of fused-ring (bicyclic) bond motifs is 1. The fraction of sp³-hybridized carbons (Fsp3) is 0.118. The first-order chi connectivity index (χ1) is 11.4. The zero-order chi connectivity index (χ0) is 17.3. The molecule has 0 aliphatic carbocycles. The van der Waals surface area contributed by atoms with Crippen molar-refractivity contribution in [2.75, 3.05) is 5.32 Å².